The van der Waals surface area contributed by atoms with Crippen molar-refractivity contribution in [2.24, 2.45) is 23.7 Å². The quantitative estimate of drug-likeness (QED) is 0.693. The molecule has 0 aromatic carbocycles. The number of anilines is 1. The Kier molecular flexibility index (Phi) is 5.30. The first-order valence-corrected chi connectivity index (χ1v) is 14.2. The molecule has 1 amide bonds. The van der Waals surface area contributed by atoms with E-state index in [2.05, 4.69) is 20.5 Å². The van der Waals surface area contributed by atoms with Gasteiger partial charge in [0.25, 0.3) is 0 Å². The van der Waals surface area contributed by atoms with Gasteiger partial charge < -0.3 is 5.32 Å². The Labute approximate surface area is 198 Å². The minimum atomic E-state index is -3.57. The van der Waals surface area contributed by atoms with Gasteiger partial charge in [0.15, 0.2) is 0 Å². The molecule has 0 spiro atoms. The highest BCUT2D eigenvalue weighted by molar-refractivity contribution is 7.89. The minimum absolute atomic E-state index is 0.0818. The first kappa shape index (κ1) is 21.6. The molecule has 5 fully saturated rings. The SMILES string of the molecule is O=C(Nc1nnc(C23CC4CC(CC(C4)C2)C3)s1)C1CCN(S(=O)(=O)c2cccnc2)CC1. The summed E-state index contributed by atoms with van der Waals surface area (Å²) in [5, 5.41) is 13.5. The van der Waals surface area contributed by atoms with Crippen LogP contribution in [0.5, 0.6) is 0 Å². The number of aromatic nitrogens is 3. The van der Waals surface area contributed by atoms with E-state index >= 15 is 0 Å². The second kappa shape index (κ2) is 8.09. The molecule has 5 aliphatic rings. The van der Waals surface area contributed by atoms with Crippen molar-refractivity contribution in [3.63, 3.8) is 0 Å². The lowest BCUT2D eigenvalue weighted by Gasteiger charge is -2.55. The highest BCUT2D eigenvalue weighted by Crippen LogP contribution is 2.61. The van der Waals surface area contributed by atoms with Gasteiger partial charge in [0.05, 0.1) is 0 Å². The van der Waals surface area contributed by atoms with E-state index in [1.807, 2.05) is 0 Å². The topological polar surface area (TPSA) is 105 Å². The van der Waals surface area contributed by atoms with Gasteiger partial charge in [0, 0.05) is 36.8 Å². The monoisotopic (exact) mass is 487 g/mol. The van der Waals surface area contributed by atoms with Crippen LogP contribution in [0.1, 0.15) is 56.4 Å². The van der Waals surface area contributed by atoms with Crippen LogP contribution in [0.3, 0.4) is 0 Å². The summed E-state index contributed by atoms with van der Waals surface area (Å²) in [7, 11) is -3.57. The van der Waals surface area contributed by atoms with E-state index < -0.39 is 10.0 Å². The lowest BCUT2D eigenvalue weighted by molar-refractivity contribution is -0.120. The number of hydrogen-bond acceptors (Lipinski definition) is 7. The first-order chi connectivity index (χ1) is 15.9. The molecule has 0 radical (unpaired) electrons. The average Bonchev–Trinajstić information content (AvgIpc) is 3.28. The largest absolute Gasteiger partial charge is 0.300 e. The van der Waals surface area contributed by atoms with Gasteiger partial charge in [-0.15, -0.1) is 10.2 Å². The Balaban J connectivity index is 1.08. The van der Waals surface area contributed by atoms with E-state index in [1.54, 1.807) is 29.7 Å². The number of pyridine rings is 1. The third kappa shape index (κ3) is 3.89. The van der Waals surface area contributed by atoms with Crippen molar-refractivity contribution in [3.8, 4) is 0 Å². The summed E-state index contributed by atoms with van der Waals surface area (Å²) in [5.41, 5.74) is 0.182. The number of nitrogens with one attached hydrogen (secondary N) is 1. The normalized spacial score (nSPS) is 32.2. The van der Waals surface area contributed by atoms with Crippen LogP contribution in [0, 0.1) is 23.7 Å². The molecule has 4 aliphatic carbocycles. The molecule has 1 aliphatic heterocycles. The van der Waals surface area contributed by atoms with E-state index in [0.717, 1.165) is 22.8 Å². The lowest BCUT2D eigenvalue weighted by Crippen LogP contribution is -2.48. The highest BCUT2D eigenvalue weighted by Gasteiger charge is 2.53. The molecule has 0 unspecified atom stereocenters. The molecular formula is C23H29N5O3S2. The molecule has 4 bridgehead atoms. The van der Waals surface area contributed by atoms with Crippen LogP contribution in [0.4, 0.5) is 5.13 Å². The highest BCUT2D eigenvalue weighted by atomic mass is 32.2. The van der Waals surface area contributed by atoms with E-state index in [9.17, 15) is 13.2 Å². The third-order valence-electron chi connectivity index (χ3n) is 8.24. The van der Waals surface area contributed by atoms with E-state index in [4.69, 9.17) is 0 Å². The molecule has 1 N–H and O–H groups in total. The molecule has 0 atom stereocenters. The molecule has 7 rings (SSSR count). The molecule has 1 saturated heterocycles. The fourth-order valence-corrected chi connectivity index (χ4v) is 9.47. The summed E-state index contributed by atoms with van der Waals surface area (Å²) in [6, 6.07) is 3.17. The molecule has 33 heavy (non-hydrogen) atoms. The molecule has 4 saturated carbocycles. The molecule has 3 heterocycles. The fraction of sp³-hybridized carbons (Fsp3) is 0.652. The van der Waals surface area contributed by atoms with E-state index in [-0.39, 0.29) is 22.1 Å². The van der Waals surface area contributed by atoms with Crippen molar-refractivity contribution < 1.29 is 13.2 Å². The maximum atomic E-state index is 12.9. The summed E-state index contributed by atoms with van der Waals surface area (Å²) in [4.78, 5) is 17.0. The maximum Gasteiger partial charge on any atom is 0.244 e. The van der Waals surface area contributed by atoms with Crippen LogP contribution in [0.25, 0.3) is 0 Å². The fourth-order valence-electron chi connectivity index (χ4n) is 7.08. The van der Waals surface area contributed by atoms with Crippen molar-refractivity contribution in [2.75, 3.05) is 18.4 Å². The Morgan fingerprint density at radius 1 is 1.06 bits per heavy atom. The third-order valence-corrected chi connectivity index (χ3v) is 11.2. The van der Waals surface area contributed by atoms with Crippen molar-refractivity contribution in [3.05, 3.63) is 29.5 Å². The second-order valence-electron chi connectivity index (χ2n) is 10.5. The van der Waals surface area contributed by atoms with Gasteiger partial charge in [-0.25, -0.2) is 8.42 Å². The van der Waals surface area contributed by atoms with Gasteiger partial charge in [-0.1, -0.05) is 11.3 Å². The molecule has 8 nitrogen and oxygen atoms in total. The summed E-state index contributed by atoms with van der Waals surface area (Å²) >= 11 is 1.55. The zero-order chi connectivity index (χ0) is 22.6. The van der Waals surface area contributed by atoms with Crippen LogP contribution in [0.2, 0.25) is 0 Å². The Hall–Kier alpha value is -1.91. The Bertz CT molecular complexity index is 1110. The number of nitrogens with zero attached hydrogens (tertiary/aromatic N) is 4. The van der Waals surface area contributed by atoms with Crippen molar-refractivity contribution in [1.82, 2.24) is 19.5 Å². The number of hydrogen-bond donors (Lipinski definition) is 1. The standard InChI is InChI=1S/C23H29N5O3S2/c29-20(18-3-6-28(7-4-18)33(30,31)19-2-1-5-24-14-19)25-22-27-26-21(32-22)23-11-15-8-16(12-23)10-17(9-15)13-23/h1-2,5,14-18H,3-4,6-13H2,(H,25,27,29). The zero-order valence-electron chi connectivity index (χ0n) is 18.5. The van der Waals surface area contributed by atoms with Crippen LogP contribution >= 0.6 is 11.3 Å². The van der Waals surface area contributed by atoms with Crippen molar-refractivity contribution in [1.29, 1.82) is 0 Å². The van der Waals surface area contributed by atoms with E-state index in [0.29, 0.717) is 31.1 Å². The minimum Gasteiger partial charge on any atom is -0.300 e. The van der Waals surface area contributed by atoms with Gasteiger partial charge in [0.2, 0.25) is 21.1 Å². The van der Waals surface area contributed by atoms with Crippen LogP contribution in [-0.4, -0.2) is 46.9 Å². The lowest BCUT2D eigenvalue weighted by atomic mass is 9.50. The summed E-state index contributed by atoms with van der Waals surface area (Å²) in [5.74, 6) is 2.21. The van der Waals surface area contributed by atoms with Crippen LogP contribution in [-0.2, 0) is 20.2 Å². The van der Waals surface area contributed by atoms with Gasteiger partial charge in [-0.05, 0) is 81.3 Å². The predicted octanol–water partition coefficient (Wildman–Crippen LogP) is 3.44. The Morgan fingerprint density at radius 3 is 2.33 bits per heavy atom. The average molecular weight is 488 g/mol. The molecular weight excluding hydrogens is 458 g/mol. The number of sulfonamides is 1. The summed E-state index contributed by atoms with van der Waals surface area (Å²) < 4.78 is 27.0. The van der Waals surface area contributed by atoms with Crippen molar-refractivity contribution in [2.45, 2.75) is 61.7 Å². The number of amides is 1. The zero-order valence-corrected chi connectivity index (χ0v) is 20.2. The Morgan fingerprint density at radius 2 is 1.73 bits per heavy atom. The second-order valence-corrected chi connectivity index (χ2v) is 13.4. The van der Waals surface area contributed by atoms with Crippen molar-refractivity contribution >= 4 is 32.4 Å². The van der Waals surface area contributed by atoms with Crippen LogP contribution in [0.15, 0.2) is 29.4 Å². The maximum absolute atomic E-state index is 12.9. The van der Waals surface area contributed by atoms with Gasteiger partial charge in [-0.3, -0.25) is 9.78 Å². The first-order valence-electron chi connectivity index (χ1n) is 12.0. The summed E-state index contributed by atoms with van der Waals surface area (Å²) in [6.07, 6.45) is 11.7. The summed E-state index contributed by atoms with van der Waals surface area (Å²) in [6.45, 7) is 0.647. The molecule has 2 aromatic heterocycles. The van der Waals surface area contributed by atoms with Gasteiger partial charge in [-0.2, -0.15) is 4.31 Å². The smallest absolute Gasteiger partial charge is 0.244 e. The number of carbonyl (C=O) groups excluding carboxylic acids is 1. The molecule has 176 valence electrons. The number of rotatable bonds is 5. The van der Waals surface area contributed by atoms with Gasteiger partial charge >= 0.3 is 0 Å². The molecule has 10 heteroatoms. The number of carbonyl (C=O) groups is 1. The molecule has 2 aromatic rings. The van der Waals surface area contributed by atoms with Crippen LogP contribution < -0.4 is 5.32 Å². The predicted molar refractivity (Wildman–Crippen MR) is 124 cm³/mol. The van der Waals surface area contributed by atoms with E-state index in [1.165, 1.54) is 49.0 Å². The number of piperidine rings is 1. The van der Waals surface area contributed by atoms with Gasteiger partial charge in [0.1, 0.15) is 9.90 Å².